The fraction of sp³-hybridized carbons (Fsp3) is 0.480. The van der Waals surface area contributed by atoms with E-state index in [2.05, 4.69) is 12.2 Å². The fourth-order valence-electron chi connectivity index (χ4n) is 4.52. The fourth-order valence-corrected chi connectivity index (χ4v) is 4.52. The number of hydrogen-bond acceptors (Lipinski definition) is 4. The minimum atomic E-state index is -0.661. The Morgan fingerprint density at radius 2 is 1.71 bits per heavy atom. The van der Waals surface area contributed by atoms with Gasteiger partial charge in [0.25, 0.3) is 5.69 Å². The first-order chi connectivity index (χ1) is 14.9. The number of benzene rings is 2. The normalized spacial score (nSPS) is 15.3. The molecule has 1 aliphatic rings. The zero-order valence-corrected chi connectivity index (χ0v) is 18.7. The number of carbonyl (C=O) groups excluding carboxylic acids is 1. The van der Waals surface area contributed by atoms with E-state index in [-0.39, 0.29) is 11.6 Å². The van der Waals surface area contributed by atoms with Gasteiger partial charge in [0.15, 0.2) is 0 Å². The summed E-state index contributed by atoms with van der Waals surface area (Å²) in [6.45, 7) is 6.81. The van der Waals surface area contributed by atoms with Crippen molar-refractivity contribution in [3.63, 3.8) is 0 Å². The largest absolute Gasteiger partial charge is 0.493 e. The molecule has 6 nitrogen and oxygen atoms in total. The number of rotatable bonds is 8. The molecule has 31 heavy (non-hydrogen) atoms. The van der Waals surface area contributed by atoms with Gasteiger partial charge < -0.3 is 10.1 Å². The lowest BCUT2D eigenvalue weighted by Crippen LogP contribution is -2.42. The number of non-ortho nitro benzene ring substituents is 1. The lowest BCUT2D eigenvalue weighted by molar-refractivity contribution is -0.384. The number of anilines is 1. The Balaban J connectivity index is 1.85. The maximum Gasteiger partial charge on any atom is 0.269 e. The molecule has 0 heterocycles. The van der Waals surface area contributed by atoms with Crippen molar-refractivity contribution in [3.05, 3.63) is 63.2 Å². The van der Waals surface area contributed by atoms with Gasteiger partial charge in [0.1, 0.15) is 5.75 Å². The van der Waals surface area contributed by atoms with E-state index in [4.69, 9.17) is 4.74 Å². The SMILES string of the molecule is CCCCOc1c(C)cc(NC(=O)C2(c3ccc([N+](=O)[O-])cc3)CCCCC2)cc1C. The Labute approximate surface area is 184 Å². The number of nitrogens with zero attached hydrogens (tertiary/aromatic N) is 1. The van der Waals surface area contributed by atoms with E-state index in [1.54, 1.807) is 12.1 Å². The third kappa shape index (κ3) is 5.06. The highest BCUT2D eigenvalue weighted by atomic mass is 16.6. The minimum Gasteiger partial charge on any atom is -0.493 e. The lowest BCUT2D eigenvalue weighted by Gasteiger charge is -2.36. The number of nitro benzene ring substituents is 1. The van der Waals surface area contributed by atoms with Crippen molar-refractivity contribution in [1.82, 2.24) is 0 Å². The van der Waals surface area contributed by atoms with Crippen molar-refractivity contribution in [2.24, 2.45) is 0 Å². The highest BCUT2D eigenvalue weighted by Gasteiger charge is 2.41. The first-order valence-electron chi connectivity index (χ1n) is 11.2. The molecule has 0 spiro atoms. The maximum absolute atomic E-state index is 13.6. The molecule has 2 aromatic rings. The Morgan fingerprint density at radius 3 is 2.26 bits per heavy atom. The average Bonchev–Trinajstić information content (AvgIpc) is 2.76. The number of nitrogens with one attached hydrogen (secondary N) is 1. The topological polar surface area (TPSA) is 81.5 Å². The van der Waals surface area contributed by atoms with E-state index in [1.165, 1.54) is 12.1 Å². The number of ether oxygens (including phenoxy) is 1. The van der Waals surface area contributed by atoms with Crippen LogP contribution in [0.15, 0.2) is 36.4 Å². The molecule has 0 saturated heterocycles. The number of hydrogen-bond donors (Lipinski definition) is 1. The molecule has 0 atom stereocenters. The predicted octanol–water partition coefficient (Wildman–Crippen LogP) is 6.23. The summed E-state index contributed by atoms with van der Waals surface area (Å²) in [7, 11) is 0. The number of unbranched alkanes of at least 4 members (excludes halogenated alkanes) is 1. The molecule has 0 aliphatic heterocycles. The number of nitro groups is 1. The van der Waals surface area contributed by atoms with E-state index in [0.29, 0.717) is 6.61 Å². The zero-order valence-electron chi connectivity index (χ0n) is 18.7. The van der Waals surface area contributed by atoms with Crippen LogP contribution < -0.4 is 10.1 Å². The molecule has 6 heteroatoms. The summed E-state index contributed by atoms with van der Waals surface area (Å²) < 4.78 is 5.94. The number of carbonyl (C=O) groups is 1. The van der Waals surface area contributed by atoms with Gasteiger partial charge in [0, 0.05) is 17.8 Å². The van der Waals surface area contributed by atoms with E-state index in [0.717, 1.165) is 73.1 Å². The molecule has 0 unspecified atom stereocenters. The Morgan fingerprint density at radius 1 is 1.10 bits per heavy atom. The van der Waals surface area contributed by atoms with Crippen LogP contribution in [0.25, 0.3) is 0 Å². The minimum absolute atomic E-state index is 0.0417. The molecule has 1 N–H and O–H groups in total. The van der Waals surface area contributed by atoms with E-state index >= 15 is 0 Å². The summed E-state index contributed by atoms with van der Waals surface area (Å²) in [5, 5.41) is 14.2. The molecular weight excluding hydrogens is 392 g/mol. The maximum atomic E-state index is 13.6. The molecule has 0 radical (unpaired) electrons. The molecule has 1 aliphatic carbocycles. The molecule has 1 fully saturated rings. The van der Waals surface area contributed by atoms with Crippen molar-refractivity contribution in [3.8, 4) is 5.75 Å². The van der Waals surface area contributed by atoms with Crippen LogP contribution in [0.5, 0.6) is 5.75 Å². The lowest BCUT2D eigenvalue weighted by atomic mass is 9.68. The predicted molar refractivity (Wildman–Crippen MR) is 123 cm³/mol. The van der Waals surface area contributed by atoms with E-state index in [1.807, 2.05) is 26.0 Å². The summed E-state index contributed by atoms with van der Waals surface area (Å²) >= 11 is 0. The molecule has 0 bridgehead atoms. The van der Waals surface area contributed by atoms with Crippen LogP contribution in [0.2, 0.25) is 0 Å². The summed E-state index contributed by atoms with van der Waals surface area (Å²) in [5.74, 6) is 0.841. The van der Waals surface area contributed by atoms with Gasteiger partial charge >= 0.3 is 0 Å². The molecule has 1 amide bonds. The monoisotopic (exact) mass is 424 g/mol. The molecule has 0 aromatic heterocycles. The highest BCUT2D eigenvalue weighted by Crippen LogP contribution is 2.41. The first-order valence-corrected chi connectivity index (χ1v) is 11.2. The van der Waals surface area contributed by atoms with Crippen molar-refractivity contribution in [1.29, 1.82) is 0 Å². The van der Waals surface area contributed by atoms with Crippen molar-refractivity contribution in [2.45, 2.75) is 71.1 Å². The van der Waals surface area contributed by atoms with Crippen LogP contribution in [0.4, 0.5) is 11.4 Å². The highest BCUT2D eigenvalue weighted by molar-refractivity contribution is 5.99. The summed E-state index contributed by atoms with van der Waals surface area (Å²) in [5.41, 5.74) is 2.99. The van der Waals surface area contributed by atoms with Crippen molar-refractivity contribution in [2.75, 3.05) is 11.9 Å². The molecule has 2 aromatic carbocycles. The van der Waals surface area contributed by atoms with Crippen LogP contribution in [-0.2, 0) is 10.2 Å². The second-order valence-corrected chi connectivity index (χ2v) is 8.54. The van der Waals surface area contributed by atoms with Gasteiger partial charge in [-0.15, -0.1) is 0 Å². The van der Waals surface area contributed by atoms with Gasteiger partial charge in [-0.3, -0.25) is 14.9 Å². The van der Waals surface area contributed by atoms with Gasteiger partial charge in [-0.25, -0.2) is 0 Å². The summed E-state index contributed by atoms with van der Waals surface area (Å²) in [6, 6.07) is 10.4. The summed E-state index contributed by atoms with van der Waals surface area (Å²) in [4.78, 5) is 24.2. The molecular formula is C25H32N2O4. The Kier molecular flexibility index (Phi) is 7.31. The van der Waals surface area contributed by atoms with Crippen LogP contribution in [-0.4, -0.2) is 17.4 Å². The Hall–Kier alpha value is -2.89. The van der Waals surface area contributed by atoms with Crippen LogP contribution in [0.1, 0.15) is 68.6 Å². The second kappa shape index (κ2) is 9.94. The summed E-state index contributed by atoms with van der Waals surface area (Å²) in [6.07, 6.45) is 6.61. The molecule has 1 saturated carbocycles. The van der Waals surface area contributed by atoms with Gasteiger partial charge in [0.05, 0.1) is 16.9 Å². The quantitative estimate of drug-likeness (QED) is 0.309. The van der Waals surface area contributed by atoms with Gasteiger partial charge in [-0.05, 0) is 61.9 Å². The van der Waals surface area contributed by atoms with Gasteiger partial charge in [-0.2, -0.15) is 0 Å². The van der Waals surface area contributed by atoms with Crippen molar-refractivity contribution < 1.29 is 14.5 Å². The molecule has 166 valence electrons. The number of amides is 1. The van der Waals surface area contributed by atoms with Crippen LogP contribution >= 0.6 is 0 Å². The van der Waals surface area contributed by atoms with Crippen LogP contribution in [0.3, 0.4) is 0 Å². The third-order valence-electron chi connectivity index (χ3n) is 6.23. The smallest absolute Gasteiger partial charge is 0.269 e. The standard InChI is InChI=1S/C25H32N2O4/c1-4-5-15-31-23-18(2)16-21(17-19(23)3)26-24(28)25(13-7-6-8-14-25)20-9-11-22(12-10-20)27(29)30/h9-12,16-17H,4-8,13-15H2,1-3H3,(H,26,28). The number of aryl methyl sites for hydroxylation is 2. The van der Waals surface area contributed by atoms with Gasteiger partial charge in [0.2, 0.25) is 5.91 Å². The second-order valence-electron chi connectivity index (χ2n) is 8.54. The average molecular weight is 425 g/mol. The third-order valence-corrected chi connectivity index (χ3v) is 6.23. The Bertz CT molecular complexity index is 908. The van der Waals surface area contributed by atoms with E-state index < -0.39 is 10.3 Å². The molecule has 3 rings (SSSR count). The zero-order chi connectivity index (χ0) is 22.4. The van der Waals surface area contributed by atoms with Crippen molar-refractivity contribution >= 4 is 17.3 Å². The van der Waals surface area contributed by atoms with E-state index in [9.17, 15) is 14.9 Å². The van der Waals surface area contributed by atoms with Crippen LogP contribution in [0, 0.1) is 24.0 Å². The van der Waals surface area contributed by atoms with Gasteiger partial charge in [-0.1, -0.05) is 44.7 Å². The first kappa shape index (κ1) is 22.8.